The molecule has 0 aliphatic heterocycles. The highest BCUT2D eigenvalue weighted by molar-refractivity contribution is 5.91. The van der Waals surface area contributed by atoms with Crippen LogP contribution in [0, 0.1) is 13.8 Å². The van der Waals surface area contributed by atoms with E-state index in [1.807, 2.05) is 32.0 Å². The van der Waals surface area contributed by atoms with Gasteiger partial charge in [-0.05, 0) is 48.7 Å². The summed E-state index contributed by atoms with van der Waals surface area (Å²) in [6.45, 7) is 4.41. The van der Waals surface area contributed by atoms with Gasteiger partial charge in [-0.25, -0.2) is 4.79 Å². The van der Waals surface area contributed by atoms with E-state index in [1.54, 1.807) is 12.1 Å². The van der Waals surface area contributed by atoms with Crippen LogP contribution < -0.4 is 9.47 Å². The van der Waals surface area contributed by atoms with E-state index in [2.05, 4.69) is 0 Å². The van der Waals surface area contributed by atoms with Crippen molar-refractivity contribution >= 4 is 5.97 Å². The molecule has 0 spiro atoms. The number of rotatable bonds is 5. The van der Waals surface area contributed by atoms with Crippen molar-refractivity contribution in [1.29, 1.82) is 0 Å². The monoisotopic (exact) mass is 286 g/mol. The van der Waals surface area contributed by atoms with Crippen molar-refractivity contribution in [1.82, 2.24) is 0 Å². The number of carboxylic acid groups (broad SMARTS) is 1. The van der Waals surface area contributed by atoms with E-state index < -0.39 is 5.97 Å². The van der Waals surface area contributed by atoms with Crippen molar-refractivity contribution in [2.45, 2.75) is 20.5 Å². The minimum absolute atomic E-state index is 0.0955. The number of carbonyl (C=O) groups is 1. The number of carboxylic acids is 1. The van der Waals surface area contributed by atoms with E-state index in [-0.39, 0.29) is 5.56 Å². The quantitative estimate of drug-likeness (QED) is 0.912. The van der Waals surface area contributed by atoms with Gasteiger partial charge in [0.2, 0.25) is 0 Å². The number of ether oxygens (including phenoxy) is 2. The predicted octanol–water partition coefficient (Wildman–Crippen LogP) is 3.59. The summed E-state index contributed by atoms with van der Waals surface area (Å²) in [5.41, 5.74) is 3.50. The van der Waals surface area contributed by atoms with Crippen molar-refractivity contribution in [3.05, 3.63) is 58.7 Å². The fourth-order valence-electron chi connectivity index (χ4n) is 1.98. The summed E-state index contributed by atoms with van der Waals surface area (Å²) in [5, 5.41) is 9.23. The second-order valence-electron chi connectivity index (χ2n) is 4.87. The molecule has 0 heterocycles. The zero-order valence-corrected chi connectivity index (χ0v) is 12.3. The minimum Gasteiger partial charge on any atom is -0.497 e. The lowest BCUT2D eigenvalue weighted by Gasteiger charge is -2.11. The minimum atomic E-state index is -1.04. The molecule has 0 atom stereocenters. The first-order valence-corrected chi connectivity index (χ1v) is 6.61. The Morgan fingerprint density at radius 2 is 1.86 bits per heavy atom. The summed E-state index contributed by atoms with van der Waals surface area (Å²) in [4.78, 5) is 11.3. The van der Waals surface area contributed by atoms with Gasteiger partial charge < -0.3 is 14.6 Å². The molecule has 0 aliphatic rings. The van der Waals surface area contributed by atoms with Crippen molar-refractivity contribution in [2.24, 2.45) is 0 Å². The van der Waals surface area contributed by atoms with Gasteiger partial charge in [0.05, 0.1) is 7.11 Å². The fraction of sp³-hybridized carbons (Fsp3) is 0.235. The Kier molecular flexibility index (Phi) is 4.48. The van der Waals surface area contributed by atoms with Crippen molar-refractivity contribution < 1.29 is 19.4 Å². The number of hydrogen-bond acceptors (Lipinski definition) is 3. The van der Waals surface area contributed by atoms with Gasteiger partial charge in [0.15, 0.2) is 0 Å². The Labute approximate surface area is 123 Å². The first-order chi connectivity index (χ1) is 10.0. The molecule has 0 aromatic heterocycles. The number of aryl methyl sites for hydroxylation is 2. The Morgan fingerprint density at radius 1 is 1.10 bits per heavy atom. The maximum Gasteiger partial charge on any atom is 0.339 e. The maximum atomic E-state index is 11.3. The third kappa shape index (κ3) is 3.54. The van der Waals surface area contributed by atoms with Gasteiger partial charge in [-0.2, -0.15) is 0 Å². The fourth-order valence-corrected chi connectivity index (χ4v) is 1.98. The van der Waals surface area contributed by atoms with Gasteiger partial charge in [-0.1, -0.05) is 18.2 Å². The topological polar surface area (TPSA) is 55.8 Å². The summed E-state index contributed by atoms with van der Waals surface area (Å²) in [5.74, 6) is -0.212. The molecule has 110 valence electrons. The van der Waals surface area contributed by atoms with Crippen LogP contribution in [0.4, 0.5) is 0 Å². The van der Waals surface area contributed by atoms with Gasteiger partial charge >= 0.3 is 5.97 Å². The average Bonchev–Trinajstić information content (AvgIpc) is 2.48. The molecule has 0 saturated carbocycles. The highest BCUT2D eigenvalue weighted by Gasteiger charge is 2.13. The molecule has 4 nitrogen and oxygen atoms in total. The summed E-state index contributed by atoms with van der Waals surface area (Å²) >= 11 is 0. The second kappa shape index (κ2) is 6.31. The molecule has 0 aliphatic carbocycles. The lowest BCUT2D eigenvalue weighted by molar-refractivity contribution is 0.0691. The van der Waals surface area contributed by atoms with Gasteiger partial charge in [0.25, 0.3) is 0 Å². The van der Waals surface area contributed by atoms with Crippen LogP contribution in [0.2, 0.25) is 0 Å². The van der Waals surface area contributed by atoms with E-state index in [9.17, 15) is 9.90 Å². The van der Waals surface area contributed by atoms with Crippen LogP contribution in [0.1, 0.15) is 27.0 Å². The molecule has 2 rings (SSSR count). The smallest absolute Gasteiger partial charge is 0.339 e. The zero-order valence-electron chi connectivity index (χ0n) is 12.3. The van der Waals surface area contributed by atoms with Gasteiger partial charge in [0, 0.05) is 0 Å². The molecule has 2 aromatic carbocycles. The standard InChI is InChI=1S/C17H18O4/c1-11-4-5-13(8-12(11)2)10-21-16-7-6-14(20-3)9-15(16)17(18)19/h4-9H,10H2,1-3H3,(H,18,19). The number of hydrogen-bond donors (Lipinski definition) is 1. The zero-order chi connectivity index (χ0) is 15.4. The maximum absolute atomic E-state index is 11.3. The second-order valence-corrected chi connectivity index (χ2v) is 4.87. The Balaban J connectivity index is 2.19. The third-order valence-electron chi connectivity index (χ3n) is 3.38. The first-order valence-electron chi connectivity index (χ1n) is 6.61. The average molecular weight is 286 g/mol. The van der Waals surface area contributed by atoms with E-state index in [4.69, 9.17) is 9.47 Å². The Morgan fingerprint density at radius 3 is 2.48 bits per heavy atom. The lowest BCUT2D eigenvalue weighted by atomic mass is 10.1. The number of benzene rings is 2. The van der Waals surface area contributed by atoms with Crippen molar-refractivity contribution in [3.63, 3.8) is 0 Å². The molecular formula is C17H18O4. The van der Waals surface area contributed by atoms with Gasteiger partial charge in [-0.3, -0.25) is 0 Å². The summed E-state index contributed by atoms with van der Waals surface area (Å²) in [6.07, 6.45) is 0. The normalized spacial score (nSPS) is 10.2. The summed E-state index contributed by atoms with van der Waals surface area (Å²) in [6, 6.07) is 10.8. The first kappa shape index (κ1) is 14.9. The highest BCUT2D eigenvalue weighted by Crippen LogP contribution is 2.25. The summed E-state index contributed by atoms with van der Waals surface area (Å²) in [7, 11) is 1.50. The van der Waals surface area contributed by atoms with E-state index in [0.717, 1.165) is 5.56 Å². The van der Waals surface area contributed by atoms with Gasteiger partial charge in [0.1, 0.15) is 23.7 Å². The largest absolute Gasteiger partial charge is 0.497 e. The molecule has 0 amide bonds. The molecule has 2 aromatic rings. The van der Waals surface area contributed by atoms with E-state index >= 15 is 0 Å². The molecule has 21 heavy (non-hydrogen) atoms. The van der Waals surface area contributed by atoms with Crippen LogP contribution in [0.15, 0.2) is 36.4 Å². The Hall–Kier alpha value is -2.49. The van der Waals surface area contributed by atoms with Crippen molar-refractivity contribution in [3.8, 4) is 11.5 Å². The van der Waals surface area contributed by atoms with Crippen molar-refractivity contribution in [2.75, 3.05) is 7.11 Å². The van der Waals surface area contributed by atoms with Gasteiger partial charge in [-0.15, -0.1) is 0 Å². The summed E-state index contributed by atoms with van der Waals surface area (Å²) < 4.78 is 10.7. The van der Waals surface area contributed by atoms with Crippen LogP contribution in [0.5, 0.6) is 11.5 Å². The number of methoxy groups -OCH3 is 1. The molecule has 4 heteroatoms. The van der Waals surface area contributed by atoms with Crippen LogP contribution in [0.3, 0.4) is 0 Å². The van der Waals surface area contributed by atoms with Crippen LogP contribution in [-0.4, -0.2) is 18.2 Å². The van der Waals surface area contributed by atoms with E-state index in [0.29, 0.717) is 18.1 Å². The lowest BCUT2D eigenvalue weighted by Crippen LogP contribution is -2.04. The highest BCUT2D eigenvalue weighted by atomic mass is 16.5. The molecule has 0 fully saturated rings. The van der Waals surface area contributed by atoms with Crippen LogP contribution in [-0.2, 0) is 6.61 Å². The van der Waals surface area contributed by atoms with Crippen LogP contribution in [0.25, 0.3) is 0 Å². The number of aromatic carboxylic acids is 1. The molecular weight excluding hydrogens is 268 g/mol. The van der Waals surface area contributed by atoms with Crippen LogP contribution >= 0.6 is 0 Å². The molecule has 0 bridgehead atoms. The molecule has 0 saturated heterocycles. The van der Waals surface area contributed by atoms with E-state index in [1.165, 1.54) is 24.3 Å². The molecule has 1 N–H and O–H groups in total. The SMILES string of the molecule is COc1ccc(OCc2ccc(C)c(C)c2)c(C(=O)O)c1. The molecule has 0 unspecified atom stereocenters. The molecule has 0 radical (unpaired) electrons. The Bertz CT molecular complexity index is 662. The third-order valence-corrected chi connectivity index (χ3v) is 3.38. The predicted molar refractivity (Wildman–Crippen MR) is 80.2 cm³/mol.